The van der Waals surface area contributed by atoms with Crippen molar-refractivity contribution in [2.75, 3.05) is 5.32 Å². The molecule has 0 saturated heterocycles. The molecule has 1 heterocycles. The Morgan fingerprint density at radius 1 is 1.36 bits per heavy atom. The van der Waals surface area contributed by atoms with E-state index in [4.69, 9.17) is 16.9 Å². The number of anilines is 1. The number of rotatable bonds is 3. The SMILES string of the molecule is Cc1[nH]nc(NC(=O)NS(=O)(=O)c2ccc(Cl)cc2)c1C#N. The van der Waals surface area contributed by atoms with Crippen LogP contribution in [0.15, 0.2) is 29.2 Å². The van der Waals surface area contributed by atoms with Gasteiger partial charge in [0.05, 0.1) is 10.6 Å². The summed E-state index contributed by atoms with van der Waals surface area (Å²) in [6.07, 6.45) is 0. The molecule has 0 atom stereocenters. The lowest BCUT2D eigenvalue weighted by Gasteiger charge is -2.07. The first-order valence-corrected chi connectivity index (χ1v) is 7.74. The number of nitriles is 1. The smallest absolute Gasteiger partial charge is 0.289 e. The molecule has 10 heteroatoms. The van der Waals surface area contributed by atoms with Crippen molar-refractivity contribution < 1.29 is 13.2 Å². The number of nitrogens with zero attached hydrogens (tertiary/aromatic N) is 2. The van der Waals surface area contributed by atoms with Crippen LogP contribution in [0.3, 0.4) is 0 Å². The molecule has 0 spiro atoms. The Morgan fingerprint density at radius 2 is 2.00 bits per heavy atom. The Bertz CT molecular complexity index is 852. The van der Waals surface area contributed by atoms with E-state index in [0.29, 0.717) is 10.7 Å². The zero-order valence-electron chi connectivity index (χ0n) is 11.2. The number of aromatic amines is 1. The van der Waals surface area contributed by atoms with Crippen LogP contribution in [0, 0.1) is 18.3 Å². The van der Waals surface area contributed by atoms with Crippen molar-refractivity contribution in [2.24, 2.45) is 0 Å². The summed E-state index contributed by atoms with van der Waals surface area (Å²) in [5, 5.41) is 17.7. The number of H-pyrrole nitrogens is 1. The minimum absolute atomic E-state index is 0.0520. The molecule has 0 radical (unpaired) electrons. The number of nitrogens with one attached hydrogen (secondary N) is 3. The molecule has 0 aliphatic rings. The summed E-state index contributed by atoms with van der Waals surface area (Å²) in [6.45, 7) is 1.60. The highest BCUT2D eigenvalue weighted by Gasteiger charge is 2.19. The normalized spacial score (nSPS) is 10.8. The number of carbonyl (C=O) groups is 1. The number of hydrogen-bond acceptors (Lipinski definition) is 5. The lowest BCUT2D eigenvalue weighted by molar-refractivity contribution is 0.256. The molecule has 0 aliphatic heterocycles. The van der Waals surface area contributed by atoms with Crippen molar-refractivity contribution in [1.29, 1.82) is 5.26 Å². The molecule has 1 aromatic carbocycles. The van der Waals surface area contributed by atoms with Gasteiger partial charge in [-0.15, -0.1) is 0 Å². The zero-order valence-corrected chi connectivity index (χ0v) is 12.8. The van der Waals surface area contributed by atoms with Crippen LogP contribution in [0.1, 0.15) is 11.3 Å². The van der Waals surface area contributed by atoms with Gasteiger partial charge in [-0.2, -0.15) is 10.4 Å². The van der Waals surface area contributed by atoms with Gasteiger partial charge in [0.15, 0.2) is 5.82 Å². The van der Waals surface area contributed by atoms with Crippen LogP contribution in [-0.2, 0) is 10.0 Å². The zero-order chi connectivity index (χ0) is 16.3. The summed E-state index contributed by atoms with van der Waals surface area (Å²) in [4.78, 5) is 11.6. The molecule has 0 saturated carbocycles. The van der Waals surface area contributed by atoms with Crippen LogP contribution in [0.5, 0.6) is 0 Å². The minimum atomic E-state index is -4.05. The third kappa shape index (κ3) is 3.36. The van der Waals surface area contributed by atoms with Gasteiger partial charge < -0.3 is 0 Å². The van der Waals surface area contributed by atoms with Gasteiger partial charge in [0.25, 0.3) is 10.0 Å². The quantitative estimate of drug-likeness (QED) is 0.784. The molecule has 0 fully saturated rings. The van der Waals surface area contributed by atoms with Gasteiger partial charge in [-0.25, -0.2) is 17.9 Å². The number of amides is 2. The average molecular weight is 340 g/mol. The molecule has 0 bridgehead atoms. The fourth-order valence-corrected chi connectivity index (χ4v) is 2.62. The van der Waals surface area contributed by atoms with E-state index in [-0.39, 0.29) is 16.3 Å². The molecule has 22 heavy (non-hydrogen) atoms. The summed E-state index contributed by atoms with van der Waals surface area (Å²) < 4.78 is 25.8. The third-order valence-corrected chi connectivity index (χ3v) is 4.24. The van der Waals surface area contributed by atoms with Crippen LogP contribution in [0.2, 0.25) is 5.02 Å². The van der Waals surface area contributed by atoms with Crippen molar-refractivity contribution >= 4 is 33.5 Å². The highest BCUT2D eigenvalue weighted by atomic mass is 35.5. The number of aryl methyl sites for hydroxylation is 1. The van der Waals surface area contributed by atoms with E-state index >= 15 is 0 Å². The number of hydrogen-bond donors (Lipinski definition) is 3. The second kappa shape index (κ2) is 6.05. The molecule has 3 N–H and O–H groups in total. The van der Waals surface area contributed by atoms with Gasteiger partial charge in [-0.1, -0.05) is 11.6 Å². The molecular formula is C12H10ClN5O3S. The molecule has 114 valence electrons. The van der Waals surface area contributed by atoms with Crippen LogP contribution >= 0.6 is 11.6 Å². The summed E-state index contributed by atoms with van der Waals surface area (Å²) in [5.41, 5.74) is 0.581. The first kappa shape index (κ1) is 15.8. The Balaban J connectivity index is 2.14. The second-order valence-electron chi connectivity index (χ2n) is 4.20. The van der Waals surface area contributed by atoms with Crippen LogP contribution in [0.25, 0.3) is 0 Å². The predicted molar refractivity (Wildman–Crippen MR) is 78.8 cm³/mol. The van der Waals surface area contributed by atoms with Crippen molar-refractivity contribution in [3.63, 3.8) is 0 Å². The Morgan fingerprint density at radius 3 is 2.59 bits per heavy atom. The van der Waals surface area contributed by atoms with Crippen molar-refractivity contribution in [2.45, 2.75) is 11.8 Å². The topological polar surface area (TPSA) is 128 Å². The first-order chi connectivity index (χ1) is 10.3. The van der Waals surface area contributed by atoms with E-state index in [1.807, 2.05) is 10.8 Å². The van der Waals surface area contributed by atoms with E-state index in [0.717, 1.165) is 0 Å². The molecular weight excluding hydrogens is 330 g/mol. The average Bonchev–Trinajstić information content (AvgIpc) is 2.78. The molecule has 2 amide bonds. The van der Waals surface area contributed by atoms with E-state index < -0.39 is 16.1 Å². The number of benzene rings is 1. The van der Waals surface area contributed by atoms with Crippen molar-refractivity contribution in [3.05, 3.63) is 40.5 Å². The number of aromatic nitrogens is 2. The number of carbonyl (C=O) groups excluding carboxylic acids is 1. The van der Waals surface area contributed by atoms with Gasteiger partial charge in [0.2, 0.25) is 0 Å². The number of sulfonamides is 1. The number of urea groups is 1. The number of halogens is 1. The van der Waals surface area contributed by atoms with Gasteiger partial charge in [-0.05, 0) is 31.2 Å². The molecule has 1 aromatic heterocycles. The predicted octanol–water partition coefficient (Wildman–Crippen LogP) is 1.75. The highest BCUT2D eigenvalue weighted by molar-refractivity contribution is 7.90. The van der Waals surface area contributed by atoms with Crippen LogP contribution in [0.4, 0.5) is 10.6 Å². The van der Waals surface area contributed by atoms with Crippen molar-refractivity contribution in [1.82, 2.24) is 14.9 Å². The highest BCUT2D eigenvalue weighted by Crippen LogP contribution is 2.16. The van der Waals surface area contributed by atoms with E-state index in [1.54, 1.807) is 6.92 Å². The monoisotopic (exact) mass is 339 g/mol. The molecule has 0 aliphatic carbocycles. The maximum absolute atomic E-state index is 12.0. The summed E-state index contributed by atoms with van der Waals surface area (Å²) >= 11 is 5.67. The molecule has 2 rings (SSSR count). The lowest BCUT2D eigenvalue weighted by Crippen LogP contribution is -2.34. The maximum atomic E-state index is 12.0. The fraction of sp³-hybridized carbons (Fsp3) is 0.0833. The largest absolute Gasteiger partial charge is 0.334 e. The van der Waals surface area contributed by atoms with E-state index in [2.05, 4.69) is 15.5 Å². The maximum Gasteiger partial charge on any atom is 0.334 e. The Hall–Kier alpha value is -2.57. The molecule has 2 aromatic rings. The molecule has 8 nitrogen and oxygen atoms in total. The third-order valence-electron chi connectivity index (χ3n) is 2.64. The Kier molecular flexibility index (Phi) is 4.35. The lowest BCUT2D eigenvalue weighted by atomic mass is 10.3. The fourth-order valence-electron chi connectivity index (χ4n) is 1.58. The molecule has 0 unspecified atom stereocenters. The second-order valence-corrected chi connectivity index (χ2v) is 6.32. The summed E-state index contributed by atoms with van der Waals surface area (Å²) in [5.74, 6) is -0.0520. The Labute approximate surface area is 131 Å². The first-order valence-electron chi connectivity index (χ1n) is 5.88. The summed E-state index contributed by atoms with van der Waals surface area (Å²) in [7, 11) is -4.05. The summed E-state index contributed by atoms with van der Waals surface area (Å²) in [6, 6.07) is 6.12. The van der Waals surface area contributed by atoms with Crippen molar-refractivity contribution in [3.8, 4) is 6.07 Å². The standard InChI is InChI=1S/C12H10ClN5O3S/c1-7-10(6-14)11(17-16-7)15-12(19)18-22(20,21)9-4-2-8(13)3-5-9/h2-5H,1H3,(H3,15,16,17,18,19). The van der Waals surface area contributed by atoms with Crippen LogP contribution < -0.4 is 10.0 Å². The van der Waals surface area contributed by atoms with Gasteiger partial charge in [0, 0.05) is 5.02 Å². The van der Waals surface area contributed by atoms with E-state index in [9.17, 15) is 13.2 Å². The van der Waals surface area contributed by atoms with Gasteiger partial charge >= 0.3 is 6.03 Å². The van der Waals surface area contributed by atoms with E-state index in [1.165, 1.54) is 24.3 Å². The van der Waals surface area contributed by atoms with Gasteiger partial charge in [0.1, 0.15) is 11.6 Å². The van der Waals surface area contributed by atoms with Gasteiger partial charge in [-0.3, -0.25) is 10.4 Å². The van der Waals surface area contributed by atoms with Crippen LogP contribution in [-0.4, -0.2) is 24.6 Å². The minimum Gasteiger partial charge on any atom is -0.289 e.